The van der Waals surface area contributed by atoms with Crippen LogP contribution in [0.3, 0.4) is 0 Å². The first-order valence-electron chi connectivity index (χ1n) is 8.71. The van der Waals surface area contributed by atoms with Crippen LogP contribution in [0.5, 0.6) is 5.75 Å². The summed E-state index contributed by atoms with van der Waals surface area (Å²) in [5.41, 5.74) is 0.166. The Kier molecular flexibility index (Phi) is 4.31. The highest BCUT2D eigenvalue weighted by atomic mass is 19.1. The van der Waals surface area contributed by atoms with Gasteiger partial charge >= 0.3 is 5.69 Å². The first kappa shape index (κ1) is 17.5. The van der Waals surface area contributed by atoms with Gasteiger partial charge in [-0.2, -0.15) is 0 Å². The van der Waals surface area contributed by atoms with Gasteiger partial charge in [-0.05, 0) is 12.1 Å². The average molecular weight is 373 g/mol. The summed E-state index contributed by atoms with van der Waals surface area (Å²) in [5.74, 6) is 0.921. The van der Waals surface area contributed by atoms with Gasteiger partial charge in [-0.3, -0.25) is 18.8 Å². The van der Waals surface area contributed by atoms with E-state index in [0.29, 0.717) is 43.2 Å². The molecule has 0 saturated carbocycles. The van der Waals surface area contributed by atoms with E-state index in [2.05, 4.69) is 9.88 Å². The van der Waals surface area contributed by atoms with Gasteiger partial charge in [-0.15, -0.1) is 0 Å². The molecular weight excluding hydrogens is 353 g/mol. The lowest BCUT2D eigenvalue weighted by Gasteiger charge is -2.27. The molecule has 0 radical (unpaired) electrons. The first-order valence-corrected chi connectivity index (χ1v) is 8.71. The van der Waals surface area contributed by atoms with E-state index < -0.39 is 0 Å². The van der Waals surface area contributed by atoms with Crippen molar-refractivity contribution in [3.63, 3.8) is 0 Å². The van der Waals surface area contributed by atoms with Crippen LogP contribution < -0.4 is 16.0 Å². The number of nitrogens with zero attached hydrogens (tertiary/aromatic N) is 5. The van der Waals surface area contributed by atoms with Crippen LogP contribution in [-0.4, -0.2) is 43.3 Å². The molecular formula is C18H20FN5O3. The molecule has 0 amide bonds. The van der Waals surface area contributed by atoms with Gasteiger partial charge in [0.25, 0.3) is 5.56 Å². The molecule has 142 valence electrons. The van der Waals surface area contributed by atoms with Crippen LogP contribution in [0.2, 0.25) is 0 Å². The van der Waals surface area contributed by atoms with Crippen LogP contribution in [-0.2, 0) is 27.2 Å². The van der Waals surface area contributed by atoms with Crippen LogP contribution in [0.25, 0.3) is 11.2 Å². The molecule has 0 bridgehead atoms. The highest BCUT2D eigenvalue weighted by Crippen LogP contribution is 2.17. The maximum Gasteiger partial charge on any atom is 0.332 e. The molecule has 2 aromatic heterocycles. The summed E-state index contributed by atoms with van der Waals surface area (Å²) in [4.78, 5) is 31.3. The normalized spacial score (nSPS) is 14.5. The largest absolute Gasteiger partial charge is 0.492 e. The number of fused-ring (bicyclic) bond motifs is 3. The van der Waals surface area contributed by atoms with E-state index in [1.807, 2.05) is 4.57 Å². The van der Waals surface area contributed by atoms with E-state index in [9.17, 15) is 14.0 Å². The second-order valence-corrected chi connectivity index (χ2v) is 6.64. The van der Waals surface area contributed by atoms with Crippen molar-refractivity contribution < 1.29 is 9.13 Å². The van der Waals surface area contributed by atoms with Crippen LogP contribution in [0, 0.1) is 5.82 Å². The Labute approximate surface area is 154 Å². The summed E-state index contributed by atoms with van der Waals surface area (Å²) in [6.07, 6.45) is 0. The number of hydrogen-bond acceptors (Lipinski definition) is 5. The summed E-state index contributed by atoms with van der Waals surface area (Å²) >= 11 is 0. The number of benzene rings is 1. The fraction of sp³-hybridized carbons (Fsp3) is 0.389. The fourth-order valence-electron chi connectivity index (χ4n) is 3.41. The zero-order chi connectivity index (χ0) is 19.1. The quantitative estimate of drug-likeness (QED) is 0.665. The van der Waals surface area contributed by atoms with Crippen molar-refractivity contribution >= 4 is 11.2 Å². The van der Waals surface area contributed by atoms with E-state index in [0.717, 1.165) is 16.9 Å². The van der Waals surface area contributed by atoms with Gasteiger partial charge < -0.3 is 9.30 Å². The van der Waals surface area contributed by atoms with Gasteiger partial charge in [0.1, 0.15) is 24.0 Å². The maximum absolute atomic E-state index is 13.2. The molecule has 9 heteroatoms. The van der Waals surface area contributed by atoms with Gasteiger partial charge in [-0.25, -0.2) is 14.2 Å². The predicted octanol–water partition coefficient (Wildman–Crippen LogP) is 0.467. The van der Waals surface area contributed by atoms with Gasteiger partial charge in [0.2, 0.25) is 0 Å². The van der Waals surface area contributed by atoms with Crippen molar-refractivity contribution in [1.82, 2.24) is 23.6 Å². The third-order valence-electron chi connectivity index (χ3n) is 4.90. The monoisotopic (exact) mass is 373 g/mol. The van der Waals surface area contributed by atoms with Crippen LogP contribution >= 0.6 is 0 Å². The standard InChI is InChI=1S/C18H20FN5O3/c1-21-16-15(17(25)22(2)18(21)26)24-7-6-23(11-14(24)20-16)8-9-27-13-5-3-4-12(19)10-13/h3-5,10H,6-9,11H2,1-2H3. The Bertz CT molecular complexity index is 1130. The molecule has 0 N–H and O–H groups in total. The minimum Gasteiger partial charge on any atom is -0.492 e. The van der Waals surface area contributed by atoms with Crippen molar-refractivity contribution in [3.8, 4) is 5.75 Å². The minimum atomic E-state index is -0.386. The SMILES string of the molecule is Cn1c(=O)c2c(nc3n2CCN(CCOc2cccc(F)c2)C3)n(C)c1=O. The van der Waals surface area contributed by atoms with Crippen LogP contribution in [0.15, 0.2) is 33.9 Å². The summed E-state index contributed by atoms with van der Waals surface area (Å²) in [6, 6.07) is 6.05. The van der Waals surface area contributed by atoms with Crippen molar-refractivity contribution in [2.45, 2.75) is 13.1 Å². The second-order valence-electron chi connectivity index (χ2n) is 6.64. The smallest absolute Gasteiger partial charge is 0.332 e. The summed E-state index contributed by atoms with van der Waals surface area (Å²) < 4.78 is 23.2. The Hall–Kier alpha value is -2.94. The Morgan fingerprint density at radius 2 is 2.00 bits per heavy atom. The molecule has 4 rings (SSSR count). The lowest BCUT2D eigenvalue weighted by Crippen LogP contribution is -2.39. The predicted molar refractivity (Wildman–Crippen MR) is 97.4 cm³/mol. The van der Waals surface area contributed by atoms with Crippen molar-refractivity contribution in [3.05, 3.63) is 56.7 Å². The van der Waals surface area contributed by atoms with E-state index in [-0.39, 0.29) is 17.1 Å². The number of aromatic nitrogens is 4. The molecule has 3 aromatic rings. The third-order valence-corrected chi connectivity index (χ3v) is 4.90. The lowest BCUT2D eigenvalue weighted by atomic mass is 10.3. The number of imidazole rings is 1. The van der Waals surface area contributed by atoms with E-state index >= 15 is 0 Å². The highest BCUT2D eigenvalue weighted by Gasteiger charge is 2.24. The molecule has 0 spiro atoms. The van der Waals surface area contributed by atoms with E-state index in [4.69, 9.17) is 4.74 Å². The fourth-order valence-corrected chi connectivity index (χ4v) is 3.41. The van der Waals surface area contributed by atoms with Crippen LogP contribution in [0.1, 0.15) is 5.82 Å². The van der Waals surface area contributed by atoms with Gasteiger partial charge in [-0.1, -0.05) is 6.07 Å². The van der Waals surface area contributed by atoms with Crippen LogP contribution in [0.4, 0.5) is 4.39 Å². The average Bonchev–Trinajstić information content (AvgIpc) is 3.04. The van der Waals surface area contributed by atoms with Crippen molar-refractivity contribution in [1.29, 1.82) is 0 Å². The highest BCUT2D eigenvalue weighted by molar-refractivity contribution is 5.71. The van der Waals surface area contributed by atoms with Crippen molar-refractivity contribution in [2.75, 3.05) is 19.7 Å². The third kappa shape index (κ3) is 3.03. The van der Waals surface area contributed by atoms with E-state index in [1.54, 1.807) is 19.2 Å². The minimum absolute atomic E-state index is 0.324. The molecule has 8 nitrogen and oxygen atoms in total. The maximum atomic E-state index is 13.2. The molecule has 1 aliphatic rings. The Morgan fingerprint density at radius 3 is 2.78 bits per heavy atom. The number of halogens is 1. The van der Waals surface area contributed by atoms with Gasteiger partial charge in [0.05, 0.1) is 6.54 Å². The molecule has 0 saturated heterocycles. The molecule has 0 fully saturated rings. The Balaban J connectivity index is 1.52. The molecule has 1 aromatic carbocycles. The Morgan fingerprint density at radius 1 is 1.19 bits per heavy atom. The molecule has 1 aliphatic heterocycles. The number of ether oxygens (including phenoxy) is 1. The number of hydrogen-bond donors (Lipinski definition) is 0. The zero-order valence-corrected chi connectivity index (χ0v) is 15.2. The zero-order valence-electron chi connectivity index (χ0n) is 15.2. The summed E-state index contributed by atoms with van der Waals surface area (Å²) in [7, 11) is 3.09. The summed E-state index contributed by atoms with van der Waals surface area (Å²) in [5, 5.41) is 0. The molecule has 3 heterocycles. The van der Waals surface area contributed by atoms with E-state index in [1.165, 1.54) is 23.7 Å². The second kappa shape index (κ2) is 6.66. The molecule has 0 atom stereocenters. The lowest BCUT2D eigenvalue weighted by molar-refractivity contribution is 0.175. The summed E-state index contributed by atoms with van der Waals surface area (Å²) in [6.45, 7) is 2.97. The molecule has 27 heavy (non-hydrogen) atoms. The number of aryl methyl sites for hydroxylation is 1. The first-order chi connectivity index (χ1) is 13.0. The number of rotatable bonds is 4. The van der Waals surface area contributed by atoms with Gasteiger partial charge in [0, 0.05) is 39.8 Å². The molecule has 0 unspecified atom stereocenters. The van der Waals surface area contributed by atoms with Gasteiger partial charge in [0.15, 0.2) is 11.2 Å². The molecule has 0 aliphatic carbocycles. The van der Waals surface area contributed by atoms with Crippen molar-refractivity contribution in [2.24, 2.45) is 14.1 Å². The topological polar surface area (TPSA) is 74.3 Å².